The van der Waals surface area contributed by atoms with Crippen LogP contribution in [-0.4, -0.2) is 44.2 Å². The molecule has 0 radical (unpaired) electrons. The molecule has 2 N–H and O–H groups in total. The summed E-state index contributed by atoms with van der Waals surface area (Å²) in [6, 6.07) is 18.7. The Hall–Kier alpha value is -2.17. The van der Waals surface area contributed by atoms with Crippen molar-refractivity contribution in [3.63, 3.8) is 0 Å². The number of ether oxygens (including phenoxy) is 1. The van der Waals surface area contributed by atoms with Gasteiger partial charge in [0, 0.05) is 6.42 Å². The Bertz CT molecular complexity index is 755. The van der Waals surface area contributed by atoms with Gasteiger partial charge in [-0.2, -0.15) is 0 Å². The van der Waals surface area contributed by atoms with Crippen molar-refractivity contribution in [1.82, 2.24) is 4.90 Å². The third-order valence-electron chi connectivity index (χ3n) is 6.04. The second-order valence-corrected chi connectivity index (χ2v) is 8.76. The average Bonchev–Trinajstić information content (AvgIpc) is 2.78. The van der Waals surface area contributed by atoms with Crippen molar-refractivity contribution in [2.75, 3.05) is 33.3 Å². The zero-order valence-corrected chi connectivity index (χ0v) is 19.6. The highest BCUT2D eigenvalue weighted by atomic mass is 16.5. The predicted octanol–water partition coefficient (Wildman–Crippen LogP) is 4.95. The summed E-state index contributed by atoms with van der Waals surface area (Å²) in [7, 11) is 2.14. The van der Waals surface area contributed by atoms with Gasteiger partial charge in [-0.1, -0.05) is 67.1 Å². The number of hydrogen-bond donors (Lipinski definition) is 1. The van der Waals surface area contributed by atoms with E-state index in [1.165, 1.54) is 16.7 Å². The fourth-order valence-electron chi connectivity index (χ4n) is 3.93. The maximum absolute atomic E-state index is 12.0. The summed E-state index contributed by atoms with van der Waals surface area (Å²) in [5, 5.41) is 0. The minimum Gasteiger partial charge on any atom is -0.465 e. The van der Waals surface area contributed by atoms with Gasteiger partial charge in [0.25, 0.3) is 0 Å². The molecule has 1 aliphatic rings. The normalized spacial score (nSPS) is 15.6. The van der Waals surface area contributed by atoms with Crippen molar-refractivity contribution in [2.24, 2.45) is 11.7 Å². The van der Waals surface area contributed by atoms with E-state index in [-0.39, 0.29) is 5.97 Å². The van der Waals surface area contributed by atoms with Gasteiger partial charge in [0.15, 0.2) is 0 Å². The second kappa shape index (κ2) is 14.0. The monoisotopic (exact) mass is 424 g/mol. The van der Waals surface area contributed by atoms with Crippen molar-refractivity contribution < 1.29 is 9.53 Å². The lowest BCUT2D eigenvalue weighted by molar-refractivity contribution is -0.145. The molecular weight excluding hydrogens is 384 g/mol. The minimum atomic E-state index is -0.0583. The summed E-state index contributed by atoms with van der Waals surface area (Å²) in [6.07, 6.45) is 4.47. The molecule has 1 fully saturated rings. The first kappa shape index (κ1) is 25.1. The van der Waals surface area contributed by atoms with E-state index in [1.54, 1.807) is 0 Å². The molecule has 0 aromatic heterocycles. The first-order valence-electron chi connectivity index (χ1n) is 11.6. The van der Waals surface area contributed by atoms with Crippen LogP contribution in [0.25, 0.3) is 0 Å². The molecule has 2 aromatic carbocycles. The number of rotatable bonds is 8. The molecule has 0 bridgehead atoms. The molecule has 0 amide bonds. The number of carbonyl (C=O) groups excluding carboxylic acids is 1. The van der Waals surface area contributed by atoms with E-state index in [0.29, 0.717) is 31.4 Å². The van der Waals surface area contributed by atoms with Crippen LogP contribution in [0.1, 0.15) is 55.2 Å². The summed E-state index contributed by atoms with van der Waals surface area (Å²) < 4.78 is 5.50. The standard InChI is InChI=1S/C20H32N2O2.C7H8/c1-16(19-6-4-3-5-18(19)9-12-21)7-8-20(23)24-15-17-10-13-22(2)14-11-17;1-7-5-3-2-4-6-7/h3-6,16-17H,7-15,21H2,1-2H3;2-6H,1H3. The highest BCUT2D eigenvalue weighted by Gasteiger charge is 2.19. The van der Waals surface area contributed by atoms with Gasteiger partial charge in [0.2, 0.25) is 0 Å². The van der Waals surface area contributed by atoms with Gasteiger partial charge in [-0.05, 0) is 82.3 Å². The number of nitrogens with two attached hydrogens (primary N) is 1. The molecule has 3 rings (SSSR count). The summed E-state index contributed by atoms with van der Waals surface area (Å²) in [4.78, 5) is 14.4. The van der Waals surface area contributed by atoms with Crippen LogP contribution in [0.15, 0.2) is 54.6 Å². The molecule has 0 spiro atoms. The highest BCUT2D eigenvalue weighted by Crippen LogP contribution is 2.25. The molecule has 1 saturated heterocycles. The summed E-state index contributed by atoms with van der Waals surface area (Å²) in [5.74, 6) is 0.827. The number of esters is 1. The molecule has 2 aromatic rings. The summed E-state index contributed by atoms with van der Waals surface area (Å²) in [6.45, 7) is 7.72. The Kier molecular flexibility index (Phi) is 11.3. The number of aryl methyl sites for hydroxylation is 1. The lowest BCUT2D eigenvalue weighted by Crippen LogP contribution is -2.32. The maximum Gasteiger partial charge on any atom is 0.305 e. The van der Waals surface area contributed by atoms with E-state index in [4.69, 9.17) is 10.5 Å². The lowest BCUT2D eigenvalue weighted by Gasteiger charge is -2.28. The van der Waals surface area contributed by atoms with Gasteiger partial charge >= 0.3 is 5.97 Å². The Balaban J connectivity index is 0.000000412. The van der Waals surface area contributed by atoms with Gasteiger partial charge in [-0.15, -0.1) is 0 Å². The number of piperidine rings is 1. The van der Waals surface area contributed by atoms with Crippen molar-refractivity contribution in [3.8, 4) is 0 Å². The van der Waals surface area contributed by atoms with Crippen molar-refractivity contribution in [1.29, 1.82) is 0 Å². The third-order valence-corrected chi connectivity index (χ3v) is 6.04. The Morgan fingerprint density at radius 2 is 1.74 bits per heavy atom. The largest absolute Gasteiger partial charge is 0.465 e. The zero-order chi connectivity index (χ0) is 22.5. The Morgan fingerprint density at radius 3 is 2.35 bits per heavy atom. The van der Waals surface area contributed by atoms with Crippen molar-refractivity contribution in [3.05, 3.63) is 71.3 Å². The van der Waals surface area contributed by atoms with E-state index in [2.05, 4.69) is 62.2 Å². The van der Waals surface area contributed by atoms with Crippen LogP contribution in [0.4, 0.5) is 0 Å². The smallest absolute Gasteiger partial charge is 0.305 e. The van der Waals surface area contributed by atoms with Gasteiger partial charge in [0.05, 0.1) is 6.61 Å². The van der Waals surface area contributed by atoms with Crippen LogP contribution in [-0.2, 0) is 16.0 Å². The Morgan fingerprint density at radius 1 is 1.10 bits per heavy atom. The number of carbonyl (C=O) groups is 1. The highest BCUT2D eigenvalue weighted by molar-refractivity contribution is 5.69. The molecule has 1 atom stereocenters. The minimum absolute atomic E-state index is 0.0583. The number of likely N-dealkylation sites (tertiary alicyclic amines) is 1. The number of benzene rings is 2. The van der Waals surface area contributed by atoms with Crippen LogP contribution in [0.3, 0.4) is 0 Å². The van der Waals surface area contributed by atoms with Crippen molar-refractivity contribution >= 4 is 5.97 Å². The molecule has 170 valence electrons. The van der Waals surface area contributed by atoms with Gasteiger partial charge < -0.3 is 15.4 Å². The fraction of sp³-hybridized carbons (Fsp3) is 0.519. The average molecular weight is 425 g/mol. The molecular formula is C27H40N2O2. The van der Waals surface area contributed by atoms with Crippen molar-refractivity contribution in [2.45, 2.75) is 51.9 Å². The van der Waals surface area contributed by atoms with E-state index >= 15 is 0 Å². The topological polar surface area (TPSA) is 55.6 Å². The molecule has 1 heterocycles. The molecule has 4 heteroatoms. The molecule has 1 aliphatic heterocycles. The van der Waals surface area contributed by atoms with E-state index < -0.39 is 0 Å². The molecule has 4 nitrogen and oxygen atoms in total. The lowest BCUT2D eigenvalue weighted by atomic mass is 9.91. The number of nitrogens with zero attached hydrogens (tertiary/aromatic N) is 1. The predicted molar refractivity (Wildman–Crippen MR) is 129 cm³/mol. The van der Waals surface area contributed by atoms with Gasteiger partial charge in [-0.3, -0.25) is 4.79 Å². The van der Waals surface area contributed by atoms with Crippen LogP contribution in [0, 0.1) is 12.8 Å². The third kappa shape index (κ3) is 9.67. The number of hydrogen-bond acceptors (Lipinski definition) is 4. The fourth-order valence-corrected chi connectivity index (χ4v) is 3.93. The molecule has 0 aliphatic carbocycles. The van der Waals surface area contributed by atoms with Crippen LogP contribution >= 0.6 is 0 Å². The van der Waals surface area contributed by atoms with Crippen LogP contribution in [0.2, 0.25) is 0 Å². The summed E-state index contributed by atoms with van der Waals surface area (Å²) >= 11 is 0. The molecule has 31 heavy (non-hydrogen) atoms. The zero-order valence-electron chi connectivity index (χ0n) is 19.6. The first-order valence-corrected chi connectivity index (χ1v) is 11.6. The second-order valence-electron chi connectivity index (χ2n) is 8.76. The van der Waals surface area contributed by atoms with E-state index in [0.717, 1.165) is 38.8 Å². The maximum atomic E-state index is 12.0. The van der Waals surface area contributed by atoms with E-state index in [9.17, 15) is 4.79 Å². The Labute approximate surface area is 188 Å². The molecule has 0 saturated carbocycles. The van der Waals surface area contributed by atoms with Crippen LogP contribution < -0.4 is 5.73 Å². The van der Waals surface area contributed by atoms with Gasteiger partial charge in [-0.25, -0.2) is 0 Å². The van der Waals surface area contributed by atoms with E-state index in [1.807, 2.05) is 18.2 Å². The van der Waals surface area contributed by atoms with Gasteiger partial charge in [0.1, 0.15) is 0 Å². The quantitative estimate of drug-likeness (QED) is 0.609. The molecule has 1 unspecified atom stereocenters. The SMILES string of the molecule is CC(CCC(=O)OCC1CCN(C)CC1)c1ccccc1CCN.Cc1ccccc1. The first-order chi connectivity index (χ1) is 15.0. The summed E-state index contributed by atoms with van der Waals surface area (Å²) in [5.41, 5.74) is 9.62. The van der Waals surface area contributed by atoms with Crippen LogP contribution in [0.5, 0.6) is 0 Å².